The third-order valence-corrected chi connectivity index (χ3v) is 3.26. The summed E-state index contributed by atoms with van der Waals surface area (Å²) in [5.74, 6) is -4.74. The van der Waals surface area contributed by atoms with Crippen molar-refractivity contribution in [2.75, 3.05) is 13.1 Å². The van der Waals surface area contributed by atoms with Crippen LogP contribution in [0.15, 0.2) is 12.1 Å². The Morgan fingerprint density at radius 2 is 1.84 bits per heavy atom. The first-order valence-electron chi connectivity index (χ1n) is 6.09. The average molecular weight is 272 g/mol. The minimum Gasteiger partial charge on any atom is -0.333 e. The lowest BCUT2D eigenvalue weighted by Gasteiger charge is -2.37. The van der Waals surface area contributed by atoms with Gasteiger partial charge in [-0.15, -0.1) is 0 Å². The number of hydrogen-bond acceptors (Lipinski definition) is 2. The first-order chi connectivity index (χ1) is 8.90. The molecule has 1 N–H and O–H groups in total. The zero-order chi connectivity index (χ0) is 14.2. The molecule has 19 heavy (non-hydrogen) atoms. The van der Waals surface area contributed by atoms with Gasteiger partial charge in [-0.1, -0.05) is 0 Å². The lowest BCUT2D eigenvalue weighted by molar-refractivity contribution is 0.0615. The van der Waals surface area contributed by atoms with E-state index in [9.17, 15) is 18.0 Å². The molecule has 1 aliphatic rings. The van der Waals surface area contributed by atoms with Crippen molar-refractivity contribution in [1.82, 2.24) is 10.2 Å². The summed E-state index contributed by atoms with van der Waals surface area (Å²) < 4.78 is 39.2. The fourth-order valence-corrected chi connectivity index (χ4v) is 2.15. The molecule has 3 nitrogen and oxygen atoms in total. The van der Waals surface area contributed by atoms with Gasteiger partial charge in [-0.2, -0.15) is 0 Å². The van der Waals surface area contributed by atoms with Crippen molar-refractivity contribution in [3.63, 3.8) is 0 Å². The van der Waals surface area contributed by atoms with E-state index in [2.05, 4.69) is 5.32 Å². The van der Waals surface area contributed by atoms with E-state index in [-0.39, 0.29) is 17.6 Å². The number of carbonyl (C=O) groups is 1. The van der Waals surface area contributed by atoms with Crippen molar-refractivity contribution >= 4 is 5.91 Å². The van der Waals surface area contributed by atoms with Gasteiger partial charge in [0, 0.05) is 30.7 Å². The molecule has 104 valence electrons. The standard InChI is InChI=1S/C13H15F3N2O/c1-7-6-18(8(2)5-17-7)13(19)9-3-10(14)12(16)11(15)4-9/h3-4,7-8,17H,5-6H2,1-2H3. The fourth-order valence-electron chi connectivity index (χ4n) is 2.15. The Morgan fingerprint density at radius 3 is 2.42 bits per heavy atom. The molecule has 1 heterocycles. The van der Waals surface area contributed by atoms with Gasteiger partial charge in [-0.3, -0.25) is 4.79 Å². The van der Waals surface area contributed by atoms with Gasteiger partial charge >= 0.3 is 0 Å². The molecule has 6 heteroatoms. The molecule has 1 saturated heterocycles. The van der Waals surface area contributed by atoms with Crippen LogP contribution in [0, 0.1) is 17.5 Å². The molecule has 0 aliphatic carbocycles. The second kappa shape index (κ2) is 5.21. The second-order valence-corrected chi connectivity index (χ2v) is 4.87. The highest BCUT2D eigenvalue weighted by Crippen LogP contribution is 2.17. The third kappa shape index (κ3) is 2.73. The summed E-state index contributed by atoms with van der Waals surface area (Å²) in [4.78, 5) is 13.7. The molecule has 2 atom stereocenters. The van der Waals surface area contributed by atoms with E-state index < -0.39 is 23.4 Å². The van der Waals surface area contributed by atoms with Crippen LogP contribution in [0.2, 0.25) is 0 Å². The molecular weight excluding hydrogens is 257 g/mol. The van der Waals surface area contributed by atoms with Gasteiger partial charge in [0.15, 0.2) is 17.5 Å². The number of halogens is 3. The number of rotatable bonds is 1. The molecule has 1 fully saturated rings. The number of benzene rings is 1. The Kier molecular flexibility index (Phi) is 3.80. The summed E-state index contributed by atoms with van der Waals surface area (Å²) in [5, 5.41) is 3.20. The van der Waals surface area contributed by atoms with E-state index >= 15 is 0 Å². The van der Waals surface area contributed by atoms with E-state index in [0.717, 1.165) is 12.1 Å². The van der Waals surface area contributed by atoms with Crippen molar-refractivity contribution in [2.45, 2.75) is 25.9 Å². The van der Waals surface area contributed by atoms with E-state index in [1.165, 1.54) is 4.90 Å². The summed E-state index contributed by atoms with van der Waals surface area (Å²) >= 11 is 0. The first kappa shape index (κ1) is 13.9. The van der Waals surface area contributed by atoms with Gasteiger partial charge in [0.25, 0.3) is 5.91 Å². The van der Waals surface area contributed by atoms with Crippen LogP contribution in [0.3, 0.4) is 0 Å². The molecule has 0 spiro atoms. The van der Waals surface area contributed by atoms with Gasteiger partial charge < -0.3 is 10.2 Å². The first-order valence-corrected chi connectivity index (χ1v) is 6.09. The SMILES string of the molecule is CC1CN(C(=O)c2cc(F)c(F)c(F)c2)C(C)CN1. The van der Waals surface area contributed by atoms with Gasteiger partial charge in [0.2, 0.25) is 0 Å². The lowest BCUT2D eigenvalue weighted by Crippen LogP contribution is -2.56. The average Bonchev–Trinajstić information content (AvgIpc) is 2.37. The Bertz CT molecular complexity index is 484. The maximum Gasteiger partial charge on any atom is 0.254 e. The molecule has 0 radical (unpaired) electrons. The van der Waals surface area contributed by atoms with Crippen LogP contribution < -0.4 is 5.32 Å². The van der Waals surface area contributed by atoms with Crippen molar-refractivity contribution < 1.29 is 18.0 Å². The molecule has 2 unspecified atom stereocenters. The molecule has 1 aromatic carbocycles. The minimum atomic E-state index is -1.56. The Hall–Kier alpha value is -1.56. The van der Waals surface area contributed by atoms with E-state index in [1.807, 2.05) is 13.8 Å². The smallest absolute Gasteiger partial charge is 0.254 e. The Labute approximate surface area is 109 Å². The molecule has 0 saturated carbocycles. The van der Waals surface area contributed by atoms with Gasteiger partial charge in [0.1, 0.15) is 0 Å². The molecule has 0 bridgehead atoms. The molecule has 1 aliphatic heterocycles. The van der Waals surface area contributed by atoms with Gasteiger partial charge in [-0.05, 0) is 26.0 Å². The van der Waals surface area contributed by atoms with E-state index in [4.69, 9.17) is 0 Å². The lowest BCUT2D eigenvalue weighted by atomic mass is 10.1. The molecule has 0 aromatic heterocycles. The van der Waals surface area contributed by atoms with Crippen molar-refractivity contribution in [1.29, 1.82) is 0 Å². The number of amides is 1. The Balaban J connectivity index is 2.28. The predicted octanol–water partition coefficient (Wildman–Crippen LogP) is 1.93. The highest BCUT2D eigenvalue weighted by molar-refractivity contribution is 5.94. The summed E-state index contributed by atoms with van der Waals surface area (Å²) in [7, 11) is 0. The van der Waals surface area contributed by atoms with Crippen LogP contribution in [0.4, 0.5) is 13.2 Å². The van der Waals surface area contributed by atoms with Crippen LogP contribution in [0.1, 0.15) is 24.2 Å². The number of carbonyl (C=O) groups excluding carboxylic acids is 1. The van der Waals surface area contributed by atoms with Gasteiger partial charge in [0.05, 0.1) is 0 Å². The van der Waals surface area contributed by atoms with E-state index in [1.54, 1.807) is 0 Å². The maximum atomic E-state index is 13.1. The number of nitrogens with one attached hydrogen (secondary N) is 1. The maximum absolute atomic E-state index is 13.1. The second-order valence-electron chi connectivity index (χ2n) is 4.87. The summed E-state index contributed by atoms with van der Waals surface area (Å²) in [6.45, 7) is 4.81. The van der Waals surface area contributed by atoms with Crippen LogP contribution in [-0.2, 0) is 0 Å². The minimum absolute atomic E-state index is 0.0834. The van der Waals surface area contributed by atoms with E-state index in [0.29, 0.717) is 13.1 Å². The topological polar surface area (TPSA) is 32.3 Å². The van der Waals surface area contributed by atoms with Crippen LogP contribution in [0.5, 0.6) is 0 Å². The molecule has 1 aromatic rings. The van der Waals surface area contributed by atoms with Crippen LogP contribution in [0.25, 0.3) is 0 Å². The Morgan fingerprint density at radius 1 is 1.26 bits per heavy atom. The fraction of sp³-hybridized carbons (Fsp3) is 0.462. The normalized spacial score (nSPS) is 23.5. The number of nitrogens with zero attached hydrogens (tertiary/aromatic N) is 1. The molecule has 1 amide bonds. The highest BCUT2D eigenvalue weighted by atomic mass is 19.2. The monoisotopic (exact) mass is 272 g/mol. The van der Waals surface area contributed by atoms with Crippen LogP contribution >= 0.6 is 0 Å². The van der Waals surface area contributed by atoms with Crippen molar-refractivity contribution in [3.8, 4) is 0 Å². The molecular formula is C13H15F3N2O. The summed E-state index contributed by atoms with van der Waals surface area (Å²) in [5.41, 5.74) is -0.169. The van der Waals surface area contributed by atoms with Crippen molar-refractivity contribution in [2.24, 2.45) is 0 Å². The van der Waals surface area contributed by atoms with Gasteiger partial charge in [-0.25, -0.2) is 13.2 Å². The number of hydrogen-bond donors (Lipinski definition) is 1. The van der Waals surface area contributed by atoms with Crippen LogP contribution in [-0.4, -0.2) is 36.0 Å². The zero-order valence-corrected chi connectivity index (χ0v) is 10.7. The predicted molar refractivity (Wildman–Crippen MR) is 64.3 cm³/mol. The summed E-state index contributed by atoms with van der Waals surface area (Å²) in [6, 6.07) is 1.50. The highest BCUT2D eigenvalue weighted by Gasteiger charge is 2.28. The quantitative estimate of drug-likeness (QED) is 0.792. The number of piperazine rings is 1. The largest absolute Gasteiger partial charge is 0.333 e. The third-order valence-electron chi connectivity index (χ3n) is 3.26. The molecule has 2 rings (SSSR count). The van der Waals surface area contributed by atoms with Crippen molar-refractivity contribution in [3.05, 3.63) is 35.1 Å². The zero-order valence-electron chi connectivity index (χ0n) is 10.7. The summed E-state index contributed by atoms with van der Waals surface area (Å²) in [6.07, 6.45) is 0.